The quantitative estimate of drug-likeness (QED) is 0.179. The van der Waals surface area contributed by atoms with E-state index in [0.29, 0.717) is 0 Å². The van der Waals surface area contributed by atoms with Crippen molar-refractivity contribution in [2.24, 2.45) is 0 Å². The largest absolute Gasteiger partial charge is 0.314 e. The number of fused-ring (bicyclic) bond motifs is 2. The number of aryl methyl sites for hydroxylation is 1. The van der Waals surface area contributed by atoms with E-state index in [-0.39, 0.29) is 10.8 Å². The lowest BCUT2D eigenvalue weighted by atomic mass is 9.68. The van der Waals surface area contributed by atoms with Crippen LogP contribution >= 0.6 is 0 Å². The Bertz CT molecular complexity index is 2350. The summed E-state index contributed by atoms with van der Waals surface area (Å²) >= 11 is 0. The molecule has 2 nitrogen and oxygen atoms in total. The molecule has 0 radical (unpaired) electrons. The Morgan fingerprint density at radius 1 is 0.578 bits per heavy atom. The van der Waals surface area contributed by atoms with E-state index in [1.807, 2.05) is 6.92 Å². The molecule has 0 amide bonds. The van der Waals surface area contributed by atoms with Gasteiger partial charge in [-0.2, -0.15) is 0 Å². The monoisotopic (exact) mass is 584 g/mol. The van der Waals surface area contributed by atoms with Crippen LogP contribution in [-0.4, -0.2) is 9.13 Å². The molecule has 0 saturated carbocycles. The van der Waals surface area contributed by atoms with Crippen LogP contribution in [0.1, 0.15) is 68.1 Å². The minimum Gasteiger partial charge on any atom is -0.314 e. The topological polar surface area (TPSA) is 9.86 Å². The maximum Gasteiger partial charge on any atom is 0.0582 e. The molecule has 2 heteroatoms. The van der Waals surface area contributed by atoms with Gasteiger partial charge in [0.2, 0.25) is 0 Å². The summed E-state index contributed by atoms with van der Waals surface area (Å²) in [6.45, 7) is 19.3. The zero-order chi connectivity index (χ0) is 31.4. The van der Waals surface area contributed by atoms with Gasteiger partial charge in [0.25, 0.3) is 0 Å². The van der Waals surface area contributed by atoms with Crippen LogP contribution < -0.4 is 0 Å². The lowest BCUT2D eigenvalue weighted by Gasteiger charge is -2.42. The number of benzene rings is 5. The van der Waals surface area contributed by atoms with Gasteiger partial charge in [-0.1, -0.05) is 101 Å². The maximum atomic E-state index is 3.36. The van der Waals surface area contributed by atoms with Gasteiger partial charge in [0, 0.05) is 38.4 Å². The molecule has 0 spiro atoms. The van der Waals surface area contributed by atoms with Crippen molar-refractivity contribution in [1.82, 2.24) is 9.13 Å². The average Bonchev–Trinajstić information content (AvgIpc) is 3.51. The van der Waals surface area contributed by atoms with E-state index in [2.05, 4.69) is 154 Å². The lowest BCUT2D eigenvalue weighted by molar-refractivity contribution is 0.594. The fourth-order valence-corrected chi connectivity index (χ4v) is 8.31. The van der Waals surface area contributed by atoms with Crippen molar-refractivity contribution in [1.29, 1.82) is 0 Å². The number of allylic oxidation sites excluding steroid dienone is 1. The van der Waals surface area contributed by atoms with E-state index in [1.54, 1.807) is 6.08 Å². The highest BCUT2D eigenvalue weighted by Gasteiger charge is 2.43. The second-order valence-corrected chi connectivity index (χ2v) is 13.9. The highest BCUT2D eigenvalue weighted by molar-refractivity contribution is 6.15. The summed E-state index contributed by atoms with van der Waals surface area (Å²) in [7, 11) is 0. The fourth-order valence-electron chi connectivity index (χ4n) is 8.31. The summed E-state index contributed by atoms with van der Waals surface area (Å²) in [5.74, 6) is 0. The van der Waals surface area contributed by atoms with E-state index in [9.17, 15) is 0 Å². The molecular formula is C43H40N2. The predicted octanol–water partition coefficient (Wildman–Crippen LogP) is 11.5. The molecule has 2 aromatic heterocycles. The minimum absolute atomic E-state index is 0.0550. The van der Waals surface area contributed by atoms with Crippen molar-refractivity contribution < 1.29 is 0 Å². The van der Waals surface area contributed by atoms with Crippen molar-refractivity contribution in [3.8, 4) is 22.5 Å². The highest BCUT2D eigenvalue weighted by atomic mass is 15.0. The van der Waals surface area contributed by atoms with Crippen molar-refractivity contribution in [2.45, 2.75) is 59.3 Å². The molecule has 222 valence electrons. The molecule has 9 rings (SSSR count). The zero-order valence-electron chi connectivity index (χ0n) is 27.4. The number of para-hydroxylation sites is 3. The van der Waals surface area contributed by atoms with Crippen LogP contribution in [0.5, 0.6) is 0 Å². The molecule has 0 fully saturated rings. The first-order valence-corrected chi connectivity index (χ1v) is 16.1. The standard InChI is InChI=1S/C40H34N2.C3H6/c1-23-24(2)41(35-16-8-7-11-28(23)35)27-19-17-25(18-20-27)26-21-30-29-12-9-13-31-36(29)42-37(30)34(22-26)40(5,6)33-15-10-14-32(38(33)42)39(31,3)4;1-3-2/h7-22H,1-6H3;3H,1H2,2H3. The van der Waals surface area contributed by atoms with E-state index >= 15 is 0 Å². The zero-order valence-corrected chi connectivity index (χ0v) is 27.4. The van der Waals surface area contributed by atoms with E-state index < -0.39 is 0 Å². The first-order valence-electron chi connectivity index (χ1n) is 16.1. The third-order valence-electron chi connectivity index (χ3n) is 10.7. The second kappa shape index (κ2) is 9.34. The van der Waals surface area contributed by atoms with Crippen molar-refractivity contribution >= 4 is 32.7 Å². The van der Waals surface area contributed by atoms with Gasteiger partial charge in [0.15, 0.2) is 0 Å². The van der Waals surface area contributed by atoms with Crippen LogP contribution in [0.15, 0.2) is 110 Å². The van der Waals surface area contributed by atoms with Crippen molar-refractivity contribution in [3.05, 3.63) is 143 Å². The molecule has 0 aliphatic carbocycles. The number of nitrogens with zero attached hydrogens (tertiary/aromatic N) is 2. The third kappa shape index (κ3) is 3.51. The molecule has 0 N–H and O–H groups in total. The summed E-state index contributed by atoms with van der Waals surface area (Å²) in [5.41, 5.74) is 17.3. The van der Waals surface area contributed by atoms with Gasteiger partial charge in [-0.05, 0) is 90.0 Å². The van der Waals surface area contributed by atoms with Crippen LogP contribution in [0, 0.1) is 13.8 Å². The predicted molar refractivity (Wildman–Crippen MR) is 193 cm³/mol. The molecule has 5 aromatic carbocycles. The fraction of sp³-hybridized carbons (Fsp3) is 0.209. The normalized spacial score (nSPS) is 15.0. The SMILES string of the molecule is C=CC.Cc1c(C)n(-c2ccc(-c3cc4c5c(c3)c3cccc6c3n5-c3c(cccc3C4(C)C)C6(C)C)cc2)c2ccccc12. The van der Waals surface area contributed by atoms with Crippen LogP contribution in [-0.2, 0) is 10.8 Å². The Kier molecular flexibility index (Phi) is 5.75. The number of aromatic nitrogens is 2. The average molecular weight is 585 g/mol. The smallest absolute Gasteiger partial charge is 0.0582 e. The molecular weight excluding hydrogens is 544 g/mol. The van der Waals surface area contributed by atoms with Crippen molar-refractivity contribution in [3.63, 3.8) is 0 Å². The summed E-state index contributed by atoms with van der Waals surface area (Å²) in [5, 5.41) is 4.04. The van der Waals surface area contributed by atoms with E-state index in [1.165, 1.54) is 88.7 Å². The first-order chi connectivity index (χ1) is 21.6. The summed E-state index contributed by atoms with van der Waals surface area (Å²) < 4.78 is 5.00. The molecule has 4 heterocycles. The molecule has 45 heavy (non-hydrogen) atoms. The molecule has 7 aromatic rings. The van der Waals surface area contributed by atoms with Crippen molar-refractivity contribution in [2.75, 3.05) is 0 Å². The van der Waals surface area contributed by atoms with Gasteiger partial charge in [-0.3, -0.25) is 0 Å². The van der Waals surface area contributed by atoms with Crippen LogP contribution in [0.2, 0.25) is 0 Å². The molecule has 0 unspecified atom stereocenters. The van der Waals surface area contributed by atoms with Gasteiger partial charge < -0.3 is 9.13 Å². The summed E-state index contributed by atoms with van der Waals surface area (Å²) in [6, 6.07) is 36.7. The van der Waals surface area contributed by atoms with Gasteiger partial charge in [0.1, 0.15) is 0 Å². The Labute approximate surface area is 266 Å². The molecule has 0 saturated heterocycles. The first kappa shape index (κ1) is 27.7. The summed E-state index contributed by atoms with van der Waals surface area (Å²) in [4.78, 5) is 0. The number of rotatable bonds is 2. The Morgan fingerprint density at radius 2 is 1.16 bits per heavy atom. The number of hydrogen-bond acceptors (Lipinski definition) is 0. The third-order valence-corrected chi connectivity index (χ3v) is 10.7. The molecule has 2 aliphatic heterocycles. The van der Waals surface area contributed by atoms with Crippen LogP contribution in [0.3, 0.4) is 0 Å². The Morgan fingerprint density at radius 3 is 1.87 bits per heavy atom. The van der Waals surface area contributed by atoms with Gasteiger partial charge in [-0.25, -0.2) is 0 Å². The minimum atomic E-state index is -0.115. The molecule has 2 aliphatic rings. The Hall–Kier alpha value is -4.82. The van der Waals surface area contributed by atoms with Gasteiger partial charge >= 0.3 is 0 Å². The lowest BCUT2D eigenvalue weighted by Crippen LogP contribution is -2.33. The van der Waals surface area contributed by atoms with Crippen LogP contribution in [0.4, 0.5) is 0 Å². The summed E-state index contributed by atoms with van der Waals surface area (Å²) in [6.07, 6.45) is 1.75. The van der Waals surface area contributed by atoms with E-state index in [0.717, 1.165) is 0 Å². The molecule has 0 bridgehead atoms. The highest BCUT2D eigenvalue weighted by Crippen LogP contribution is 2.55. The van der Waals surface area contributed by atoms with Gasteiger partial charge in [0.05, 0.1) is 22.2 Å². The van der Waals surface area contributed by atoms with Gasteiger partial charge in [-0.15, -0.1) is 6.58 Å². The maximum absolute atomic E-state index is 3.36. The molecule has 0 atom stereocenters. The Balaban J connectivity index is 0.000000966. The second-order valence-electron chi connectivity index (χ2n) is 13.9. The number of hydrogen-bond donors (Lipinski definition) is 0. The van der Waals surface area contributed by atoms with E-state index in [4.69, 9.17) is 0 Å². The van der Waals surface area contributed by atoms with Crippen LogP contribution in [0.25, 0.3) is 55.2 Å².